The van der Waals surface area contributed by atoms with Crippen LogP contribution in [-0.2, 0) is 13.1 Å². The van der Waals surface area contributed by atoms with Gasteiger partial charge in [-0.1, -0.05) is 6.92 Å². The van der Waals surface area contributed by atoms with Crippen LogP contribution in [0.3, 0.4) is 0 Å². The highest BCUT2D eigenvalue weighted by molar-refractivity contribution is 5.42. The van der Waals surface area contributed by atoms with E-state index in [9.17, 15) is 0 Å². The summed E-state index contributed by atoms with van der Waals surface area (Å²) in [5.41, 5.74) is 0. The summed E-state index contributed by atoms with van der Waals surface area (Å²) in [7, 11) is 0. The van der Waals surface area contributed by atoms with E-state index in [-0.39, 0.29) is 0 Å². The maximum absolute atomic E-state index is 6.06. The van der Waals surface area contributed by atoms with Gasteiger partial charge >= 0.3 is 0 Å². The molecule has 2 fully saturated rings. The SMILES string of the molecule is C[C@H]1C[C@@H]1c1ccc(CN(Cc2nnc(-c3ccco3)o2)C2CC2)o1. The molecule has 3 aromatic rings. The lowest BCUT2D eigenvalue weighted by Crippen LogP contribution is -2.25. The Kier molecular flexibility index (Phi) is 3.52. The van der Waals surface area contributed by atoms with Crippen LogP contribution in [0.1, 0.15) is 49.5 Å². The van der Waals surface area contributed by atoms with Gasteiger partial charge in [0.05, 0.1) is 19.4 Å². The van der Waals surface area contributed by atoms with Crippen molar-refractivity contribution in [1.29, 1.82) is 0 Å². The fourth-order valence-electron chi connectivity index (χ4n) is 3.34. The molecule has 3 heterocycles. The number of aromatic nitrogens is 2. The average molecular weight is 339 g/mol. The molecule has 0 aromatic carbocycles. The lowest BCUT2D eigenvalue weighted by molar-refractivity contribution is 0.203. The Balaban J connectivity index is 1.28. The van der Waals surface area contributed by atoms with Gasteiger partial charge in [-0.05, 0) is 49.4 Å². The Bertz CT molecular complexity index is 847. The highest BCUT2D eigenvalue weighted by Crippen LogP contribution is 2.47. The Labute approximate surface area is 145 Å². The van der Waals surface area contributed by atoms with Crippen molar-refractivity contribution >= 4 is 0 Å². The molecule has 2 aliphatic carbocycles. The van der Waals surface area contributed by atoms with Gasteiger partial charge < -0.3 is 13.3 Å². The first-order chi connectivity index (χ1) is 12.3. The van der Waals surface area contributed by atoms with E-state index in [1.807, 2.05) is 12.1 Å². The third-order valence-electron chi connectivity index (χ3n) is 5.12. The van der Waals surface area contributed by atoms with Crippen molar-refractivity contribution in [3.63, 3.8) is 0 Å². The molecule has 6 heteroatoms. The topological polar surface area (TPSA) is 68.4 Å². The molecular weight excluding hydrogens is 318 g/mol. The number of furan rings is 2. The average Bonchev–Trinajstić information content (AvgIpc) is 3.36. The molecule has 2 atom stereocenters. The van der Waals surface area contributed by atoms with E-state index in [2.05, 4.69) is 34.2 Å². The molecule has 0 unspecified atom stereocenters. The smallest absolute Gasteiger partial charge is 0.283 e. The van der Waals surface area contributed by atoms with Crippen molar-refractivity contribution < 1.29 is 13.3 Å². The predicted molar refractivity (Wildman–Crippen MR) is 89.5 cm³/mol. The van der Waals surface area contributed by atoms with Crippen molar-refractivity contribution in [3.8, 4) is 11.7 Å². The molecule has 6 nitrogen and oxygen atoms in total. The highest BCUT2D eigenvalue weighted by atomic mass is 16.4. The van der Waals surface area contributed by atoms with Crippen LogP contribution in [0.4, 0.5) is 0 Å². The summed E-state index contributed by atoms with van der Waals surface area (Å²) < 4.78 is 17.1. The van der Waals surface area contributed by atoms with Gasteiger partial charge in [0.2, 0.25) is 5.89 Å². The monoisotopic (exact) mass is 339 g/mol. The van der Waals surface area contributed by atoms with Crippen molar-refractivity contribution in [2.75, 3.05) is 0 Å². The second-order valence-corrected chi connectivity index (χ2v) is 7.24. The van der Waals surface area contributed by atoms with E-state index in [0.717, 1.165) is 24.0 Å². The lowest BCUT2D eigenvalue weighted by atomic mass is 10.3. The van der Waals surface area contributed by atoms with Crippen LogP contribution >= 0.6 is 0 Å². The molecule has 5 rings (SSSR count). The maximum atomic E-state index is 6.06. The predicted octanol–water partition coefficient (Wildman–Crippen LogP) is 4.21. The van der Waals surface area contributed by atoms with Crippen LogP contribution in [0.25, 0.3) is 11.7 Å². The molecule has 0 bridgehead atoms. The molecule has 0 N–H and O–H groups in total. The van der Waals surface area contributed by atoms with Crippen molar-refractivity contribution in [1.82, 2.24) is 15.1 Å². The third kappa shape index (κ3) is 3.14. The second-order valence-electron chi connectivity index (χ2n) is 7.24. The molecule has 130 valence electrons. The van der Waals surface area contributed by atoms with Gasteiger partial charge in [-0.25, -0.2) is 0 Å². The minimum Gasteiger partial charge on any atom is -0.464 e. The highest BCUT2D eigenvalue weighted by Gasteiger charge is 2.37. The number of nitrogens with zero attached hydrogens (tertiary/aromatic N) is 3. The zero-order valence-electron chi connectivity index (χ0n) is 14.2. The Morgan fingerprint density at radius 1 is 1.12 bits per heavy atom. The summed E-state index contributed by atoms with van der Waals surface area (Å²) >= 11 is 0. The molecule has 0 saturated heterocycles. The molecule has 25 heavy (non-hydrogen) atoms. The van der Waals surface area contributed by atoms with E-state index in [0.29, 0.717) is 36.0 Å². The Morgan fingerprint density at radius 2 is 2.00 bits per heavy atom. The fourth-order valence-corrected chi connectivity index (χ4v) is 3.34. The van der Waals surface area contributed by atoms with E-state index in [1.165, 1.54) is 19.3 Å². The Hall–Kier alpha value is -2.34. The zero-order valence-corrected chi connectivity index (χ0v) is 14.2. The normalized spacial score (nSPS) is 22.6. The van der Waals surface area contributed by atoms with Crippen LogP contribution in [0, 0.1) is 5.92 Å². The van der Waals surface area contributed by atoms with Gasteiger partial charge in [0.15, 0.2) is 5.76 Å². The summed E-state index contributed by atoms with van der Waals surface area (Å²) in [5, 5.41) is 8.25. The molecule has 2 saturated carbocycles. The van der Waals surface area contributed by atoms with Crippen LogP contribution in [0.15, 0.2) is 43.8 Å². The zero-order chi connectivity index (χ0) is 16.8. The van der Waals surface area contributed by atoms with Gasteiger partial charge in [0.25, 0.3) is 5.89 Å². The van der Waals surface area contributed by atoms with Crippen LogP contribution in [-0.4, -0.2) is 21.1 Å². The summed E-state index contributed by atoms with van der Waals surface area (Å²) in [6.07, 6.45) is 5.28. The first kappa shape index (κ1) is 15.0. The van der Waals surface area contributed by atoms with Crippen molar-refractivity contribution in [2.24, 2.45) is 5.92 Å². The van der Waals surface area contributed by atoms with Crippen molar-refractivity contribution in [2.45, 2.75) is 51.2 Å². The maximum Gasteiger partial charge on any atom is 0.283 e. The van der Waals surface area contributed by atoms with Gasteiger partial charge in [-0.15, -0.1) is 10.2 Å². The van der Waals surface area contributed by atoms with E-state index >= 15 is 0 Å². The number of rotatable bonds is 7. The molecular formula is C19H21N3O3. The first-order valence-electron chi connectivity index (χ1n) is 8.95. The number of hydrogen-bond acceptors (Lipinski definition) is 6. The first-order valence-corrected chi connectivity index (χ1v) is 8.95. The van der Waals surface area contributed by atoms with E-state index in [1.54, 1.807) is 6.26 Å². The minimum atomic E-state index is 0.429. The molecule has 0 aliphatic heterocycles. The largest absolute Gasteiger partial charge is 0.464 e. The third-order valence-corrected chi connectivity index (χ3v) is 5.12. The molecule has 2 aliphatic rings. The van der Waals surface area contributed by atoms with Crippen LogP contribution < -0.4 is 0 Å². The lowest BCUT2D eigenvalue weighted by Gasteiger charge is -2.18. The van der Waals surface area contributed by atoms with E-state index in [4.69, 9.17) is 13.3 Å². The van der Waals surface area contributed by atoms with Crippen LogP contribution in [0.5, 0.6) is 0 Å². The van der Waals surface area contributed by atoms with Gasteiger partial charge in [0.1, 0.15) is 11.5 Å². The van der Waals surface area contributed by atoms with E-state index < -0.39 is 0 Å². The molecule has 0 radical (unpaired) electrons. The van der Waals surface area contributed by atoms with Gasteiger partial charge in [-0.3, -0.25) is 4.90 Å². The quantitative estimate of drug-likeness (QED) is 0.642. The number of hydrogen-bond donors (Lipinski definition) is 0. The Morgan fingerprint density at radius 3 is 2.72 bits per heavy atom. The fraction of sp³-hybridized carbons (Fsp3) is 0.474. The summed E-state index contributed by atoms with van der Waals surface area (Å²) in [4.78, 5) is 2.36. The summed E-state index contributed by atoms with van der Waals surface area (Å²) in [5.74, 6) is 5.18. The summed E-state index contributed by atoms with van der Waals surface area (Å²) in [6, 6.07) is 8.45. The summed E-state index contributed by atoms with van der Waals surface area (Å²) in [6.45, 7) is 3.69. The van der Waals surface area contributed by atoms with Crippen LogP contribution in [0.2, 0.25) is 0 Å². The molecule has 3 aromatic heterocycles. The standard InChI is InChI=1S/C19H21N3O3/c1-12-9-15(12)16-7-6-14(24-16)10-22(13-4-5-13)11-18-20-21-19(25-18)17-3-2-8-23-17/h2-3,6-8,12-13,15H,4-5,9-11H2,1H3/t12-,15-/m0/s1. The molecule has 0 amide bonds. The van der Waals surface area contributed by atoms with Crippen molar-refractivity contribution in [3.05, 3.63) is 47.9 Å². The second kappa shape index (κ2) is 5.88. The molecule has 0 spiro atoms. The van der Waals surface area contributed by atoms with Gasteiger partial charge in [0, 0.05) is 12.0 Å². The van der Waals surface area contributed by atoms with Gasteiger partial charge in [-0.2, -0.15) is 0 Å². The minimum absolute atomic E-state index is 0.429.